The highest BCUT2D eigenvalue weighted by Crippen LogP contribution is 2.22. The van der Waals surface area contributed by atoms with E-state index in [4.69, 9.17) is 21.1 Å². The molecule has 5 nitrogen and oxygen atoms in total. The molecule has 144 valence electrons. The molecule has 3 aromatic rings. The van der Waals surface area contributed by atoms with Gasteiger partial charge in [-0.2, -0.15) is 0 Å². The molecule has 6 heteroatoms. The van der Waals surface area contributed by atoms with Gasteiger partial charge >= 0.3 is 5.97 Å². The van der Waals surface area contributed by atoms with Crippen molar-refractivity contribution in [2.45, 2.75) is 6.54 Å². The standard InChI is InChI=1S/C22H20ClNO4/c1-24(21(25)14-28-22(26)18-4-3-5-19(23)11-18)13-15-6-7-17-12-20(27-2)9-8-16(17)10-15/h3-12H,13-14H2,1-2H3. The Labute approximate surface area is 168 Å². The third-order valence-electron chi connectivity index (χ3n) is 4.34. The van der Waals surface area contributed by atoms with Gasteiger partial charge in [0.25, 0.3) is 5.91 Å². The number of methoxy groups -OCH3 is 1. The van der Waals surface area contributed by atoms with E-state index in [2.05, 4.69) is 0 Å². The molecule has 1 amide bonds. The highest BCUT2D eigenvalue weighted by molar-refractivity contribution is 6.30. The average Bonchev–Trinajstić information content (AvgIpc) is 2.71. The lowest BCUT2D eigenvalue weighted by molar-refractivity contribution is -0.133. The Morgan fingerprint density at radius 1 is 1.00 bits per heavy atom. The van der Waals surface area contributed by atoms with Gasteiger partial charge in [0.15, 0.2) is 6.61 Å². The van der Waals surface area contributed by atoms with Crippen molar-refractivity contribution in [3.63, 3.8) is 0 Å². The van der Waals surface area contributed by atoms with Gasteiger partial charge in [0.1, 0.15) is 5.75 Å². The highest BCUT2D eigenvalue weighted by atomic mass is 35.5. The molecule has 0 heterocycles. The Kier molecular flexibility index (Phi) is 6.16. The van der Waals surface area contributed by atoms with E-state index >= 15 is 0 Å². The van der Waals surface area contributed by atoms with Crippen molar-refractivity contribution < 1.29 is 19.1 Å². The second-order valence-corrected chi connectivity index (χ2v) is 6.82. The smallest absolute Gasteiger partial charge is 0.338 e. The first-order valence-electron chi connectivity index (χ1n) is 8.69. The number of likely N-dealkylation sites (N-methyl/N-ethyl adjacent to an activating group) is 1. The summed E-state index contributed by atoms with van der Waals surface area (Å²) in [5.41, 5.74) is 1.29. The summed E-state index contributed by atoms with van der Waals surface area (Å²) in [5, 5.41) is 2.56. The van der Waals surface area contributed by atoms with Crippen LogP contribution in [0.4, 0.5) is 0 Å². The van der Waals surface area contributed by atoms with Crippen LogP contribution in [0.25, 0.3) is 10.8 Å². The molecule has 0 aliphatic heterocycles. The maximum Gasteiger partial charge on any atom is 0.338 e. The van der Waals surface area contributed by atoms with E-state index in [0.29, 0.717) is 17.1 Å². The summed E-state index contributed by atoms with van der Waals surface area (Å²) in [7, 11) is 3.31. The zero-order valence-electron chi connectivity index (χ0n) is 15.6. The predicted molar refractivity (Wildman–Crippen MR) is 109 cm³/mol. The van der Waals surface area contributed by atoms with Gasteiger partial charge in [-0.25, -0.2) is 4.79 Å². The molecule has 0 aliphatic rings. The average molecular weight is 398 g/mol. The molecule has 0 spiro atoms. The van der Waals surface area contributed by atoms with Crippen LogP contribution in [-0.4, -0.2) is 37.5 Å². The molecule has 0 N–H and O–H groups in total. The van der Waals surface area contributed by atoms with Crippen molar-refractivity contribution in [1.29, 1.82) is 0 Å². The Morgan fingerprint density at radius 3 is 2.50 bits per heavy atom. The summed E-state index contributed by atoms with van der Waals surface area (Å²) in [6.45, 7) is 0.0855. The lowest BCUT2D eigenvalue weighted by Gasteiger charge is -2.17. The van der Waals surface area contributed by atoms with E-state index in [-0.39, 0.29) is 12.5 Å². The molecular formula is C22H20ClNO4. The number of carbonyl (C=O) groups is 2. The molecule has 3 aromatic carbocycles. The van der Waals surface area contributed by atoms with Crippen LogP contribution in [0, 0.1) is 0 Å². The molecule has 0 atom stereocenters. The predicted octanol–water partition coefficient (Wildman–Crippen LogP) is 4.32. The quantitative estimate of drug-likeness (QED) is 0.581. The first-order valence-corrected chi connectivity index (χ1v) is 9.07. The first kappa shape index (κ1) is 19.7. The molecule has 0 saturated heterocycles. The third-order valence-corrected chi connectivity index (χ3v) is 4.58. The van der Waals surface area contributed by atoms with Gasteiger partial charge < -0.3 is 14.4 Å². The fourth-order valence-electron chi connectivity index (χ4n) is 2.80. The number of hydrogen-bond donors (Lipinski definition) is 0. The maximum absolute atomic E-state index is 12.3. The molecule has 0 aromatic heterocycles. The topological polar surface area (TPSA) is 55.8 Å². The van der Waals surface area contributed by atoms with Crippen molar-refractivity contribution >= 4 is 34.2 Å². The zero-order valence-corrected chi connectivity index (χ0v) is 16.4. The number of fused-ring (bicyclic) bond motifs is 1. The Hall–Kier alpha value is -3.05. The largest absolute Gasteiger partial charge is 0.497 e. The molecule has 3 rings (SSSR count). The number of ether oxygens (including phenoxy) is 2. The minimum Gasteiger partial charge on any atom is -0.497 e. The second kappa shape index (κ2) is 8.76. The highest BCUT2D eigenvalue weighted by Gasteiger charge is 2.14. The number of hydrogen-bond acceptors (Lipinski definition) is 4. The van der Waals surface area contributed by atoms with Crippen LogP contribution >= 0.6 is 11.6 Å². The molecule has 0 saturated carbocycles. The number of benzene rings is 3. The van der Waals surface area contributed by atoms with Crippen molar-refractivity contribution in [1.82, 2.24) is 4.90 Å². The lowest BCUT2D eigenvalue weighted by atomic mass is 10.1. The van der Waals surface area contributed by atoms with Crippen molar-refractivity contribution in [3.8, 4) is 5.75 Å². The minimum absolute atomic E-state index is 0.287. The lowest BCUT2D eigenvalue weighted by Crippen LogP contribution is -2.30. The molecular weight excluding hydrogens is 378 g/mol. The fraction of sp³-hybridized carbons (Fsp3) is 0.182. The molecule has 0 fully saturated rings. The third kappa shape index (κ3) is 4.81. The van der Waals surface area contributed by atoms with E-state index in [9.17, 15) is 9.59 Å². The van der Waals surface area contributed by atoms with E-state index < -0.39 is 5.97 Å². The normalized spacial score (nSPS) is 10.5. The Balaban J connectivity index is 1.59. The summed E-state index contributed by atoms with van der Waals surface area (Å²) >= 11 is 5.86. The second-order valence-electron chi connectivity index (χ2n) is 6.38. The zero-order chi connectivity index (χ0) is 20.1. The monoisotopic (exact) mass is 397 g/mol. The number of carbonyl (C=O) groups excluding carboxylic acids is 2. The van der Waals surface area contributed by atoms with E-state index in [1.807, 2.05) is 36.4 Å². The number of amides is 1. The Bertz CT molecular complexity index is 1020. The molecule has 0 unspecified atom stereocenters. The minimum atomic E-state index is -0.580. The van der Waals surface area contributed by atoms with Crippen LogP contribution in [0.1, 0.15) is 15.9 Å². The summed E-state index contributed by atoms with van der Waals surface area (Å²) in [5.74, 6) is -0.0665. The summed E-state index contributed by atoms with van der Waals surface area (Å²) in [4.78, 5) is 25.8. The van der Waals surface area contributed by atoms with Crippen LogP contribution in [-0.2, 0) is 16.1 Å². The summed E-state index contributed by atoms with van der Waals surface area (Å²) in [6.07, 6.45) is 0. The molecule has 0 aliphatic carbocycles. The van der Waals surface area contributed by atoms with Gasteiger partial charge in [-0.1, -0.05) is 35.9 Å². The van der Waals surface area contributed by atoms with Crippen LogP contribution in [0.3, 0.4) is 0 Å². The van der Waals surface area contributed by atoms with E-state index in [1.165, 1.54) is 11.0 Å². The van der Waals surface area contributed by atoms with Crippen molar-refractivity contribution in [2.24, 2.45) is 0 Å². The molecule has 0 bridgehead atoms. The number of rotatable bonds is 6. The van der Waals surface area contributed by atoms with Gasteiger partial charge in [0.05, 0.1) is 12.7 Å². The van der Waals surface area contributed by atoms with Crippen LogP contribution < -0.4 is 4.74 Å². The Morgan fingerprint density at radius 2 is 1.75 bits per heavy atom. The van der Waals surface area contributed by atoms with Crippen molar-refractivity contribution in [2.75, 3.05) is 20.8 Å². The summed E-state index contributed by atoms with van der Waals surface area (Å²) < 4.78 is 10.3. The molecule has 0 radical (unpaired) electrons. The fourth-order valence-corrected chi connectivity index (χ4v) is 2.99. The SMILES string of the molecule is COc1ccc2cc(CN(C)C(=O)COC(=O)c3cccc(Cl)c3)ccc2c1. The number of nitrogens with zero attached hydrogens (tertiary/aromatic N) is 1. The van der Waals surface area contributed by atoms with Crippen LogP contribution in [0.5, 0.6) is 5.75 Å². The van der Waals surface area contributed by atoms with Gasteiger partial charge in [0, 0.05) is 18.6 Å². The van der Waals surface area contributed by atoms with Crippen LogP contribution in [0.2, 0.25) is 5.02 Å². The van der Waals surface area contributed by atoms with Gasteiger partial charge in [0.2, 0.25) is 0 Å². The first-order chi connectivity index (χ1) is 13.5. The van der Waals surface area contributed by atoms with Gasteiger partial charge in [-0.05, 0) is 52.7 Å². The number of halogens is 1. The van der Waals surface area contributed by atoms with E-state index in [1.54, 1.807) is 32.4 Å². The molecule has 28 heavy (non-hydrogen) atoms. The van der Waals surface area contributed by atoms with E-state index in [0.717, 1.165) is 22.1 Å². The summed E-state index contributed by atoms with van der Waals surface area (Å²) in [6, 6.07) is 18.2. The maximum atomic E-state index is 12.3. The van der Waals surface area contributed by atoms with Gasteiger partial charge in [-0.15, -0.1) is 0 Å². The van der Waals surface area contributed by atoms with Gasteiger partial charge in [-0.3, -0.25) is 4.79 Å². The van der Waals surface area contributed by atoms with Crippen LogP contribution in [0.15, 0.2) is 60.7 Å². The number of esters is 1. The van der Waals surface area contributed by atoms with Crippen molar-refractivity contribution in [3.05, 3.63) is 76.8 Å².